The smallest absolute Gasteiger partial charge is 0.355 e. The molecule has 0 atom stereocenters. The van der Waals surface area contributed by atoms with Crippen LogP contribution in [-0.2, 0) is 19.5 Å². The minimum Gasteiger partial charge on any atom is -0.355 e. The van der Waals surface area contributed by atoms with E-state index in [4.69, 9.17) is 0 Å². The summed E-state index contributed by atoms with van der Waals surface area (Å²) in [4.78, 5) is 13.4. The zero-order valence-corrected chi connectivity index (χ0v) is 22.2. The van der Waals surface area contributed by atoms with Crippen molar-refractivity contribution < 1.29 is 13.2 Å². The molecule has 0 aliphatic carbocycles. The minimum atomic E-state index is -4.25. The van der Waals surface area contributed by atoms with Gasteiger partial charge in [0.15, 0.2) is 0 Å². The standard InChI is InChI=1S/C30H31F3N6/c1-3-39-23(15-34)13-24-20(2)22(5-7-27(24)39)16-37-10-8-29(9-11-37)17-38(18-29)28-25-12-21(14-30(31,32)33)4-6-26(25)35-19-36-28/h4-7,12-13,19H,3,8-11,14,16-18H2,1-2H3. The molecule has 0 amide bonds. The molecule has 2 aromatic carbocycles. The molecule has 0 N–H and O–H groups in total. The number of aromatic nitrogens is 3. The maximum atomic E-state index is 13.0. The van der Waals surface area contributed by atoms with Gasteiger partial charge in [-0.2, -0.15) is 18.4 Å². The van der Waals surface area contributed by atoms with Crippen molar-refractivity contribution in [1.29, 1.82) is 5.26 Å². The average molecular weight is 533 g/mol. The number of aryl methyl sites for hydroxylation is 2. The van der Waals surface area contributed by atoms with Crippen LogP contribution in [0.15, 0.2) is 42.7 Å². The Morgan fingerprint density at radius 1 is 1.03 bits per heavy atom. The molecule has 202 valence electrons. The molecular weight excluding hydrogens is 501 g/mol. The van der Waals surface area contributed by atoms with Gasteiger partial charge in [0, 0.05) is 47.9 Å². The van der Waals surface area contributed by atoms with Crippen molar-refractivity contribution in [3.05, 3.63) is 65.1 Å². The van der Waals surface area contributed by atoms with Crippen LogP contribution in [0.1, 0.15) is 42.1 Å². The normalized spacial score (nSPS) is 17.6. The highest BCUT2D eigenvalue weighted by atomic mass is 19.4. The largest absolute Gasteiger partial charge is 0.393 e. The quantitative estimate of drug-likeness (QED) is 0.316. The second-order valence-electron chi connectivity index (χ2n) is 11.1. The maximum absolute atomic E-state index is 13.0. The van der Waals surface area contributed by atoms with Crippen LogP contribution < -0.4 is 4.90 Å². The molecule has 0 bridgehead atoms. The Balaban J connectivity index is 1.12. The van der Waals surface area contributed by atoms with E-state index in [1.54, 1.807) is 12.1 Å². The molecule has 2 aromatic heterocycles. The lowest BCUT2D eigenvalue weighted by Gasteiger charge is -2.54. The highest BCUT2D eigenvalue weighted by Crippen LogP contribution is 2.44. The fourth-order valence-corrected chi connectivity index (χ4v) is 6.47. The van der Waals surface area contributed by atoms with Gasteiger partial charge in [-0.3, -0.25) is 4.90 Å². The summed E-state index contributed by atoms with van der Waals surface area (Å²) in [6, 6.07) is 13.4. The van der Waals surface area contributed by atoms with Crippen molar-refractivity contribution in [3.8, 4) is 6.07 Å². The summed E-state index contributed by atoms with van der Waals surface area (Å²) in [7, 11) is 0. The van der Waals surface area contributed by atoms with Crippen molar-refractivity contribution in [2.75, 3.05) is 31.1 Å². The molecule has 0 saturated carbocycles. The molecule has 4 heterocycles. The molecule has 6 rings (SSSR count). The molecule has 2 aliphatic rings. The molecule has 6 nitrogen and oxygen atoms in total. The van der Waals surface area contributed by atoms with Gasteiger partial charge in [0.05, 0.1) is 11.9 Å². The molecular formula is C30H31F3N6. The van der Waals surface area contributed by atoms with Crippen molar-refractivity contribution in [2.45, 2.75) is 52.4 Å². The van der Waals surface area contributed by atoms with Crippen LogP contribution in [0.3, 0.4) is 0 Å². The maximum Gasteiger partial charge on any atom is 0.393 e. The van der Waals surface area contributed by atoms with Gasteiger partial charge in [-0.25, -0.2) is 9.97 Å². The summed E-state index contributed by atoms with van der Waals surface area (Å²) >= 11 is 0. The molecule has 0 radical (unpaired) electrons. The molecule has 2 aliphatic heterocycles. The predicted molar refractivity (Wildman–Crippen MR) is 146 cm³/mol. The molecule has 0 unspecified atom stereocenters. The SMILES string of the molecule is CCn1c(C#N)cc2c(C)c(CN3CCC4(CC3)CN(c3ncnc5ccc(CC(F)(F)F)cc35)C4)ccc21. The Labute approximate surface area is 225 Å². The first-order chi connectivity index (χ1) is 18.7. The number of likely N-dealkylation sites (tertiary alicyclic amines) is 1. The number of piperidine rings is 1. The Hall–Kier alpha value is -3.64. The van der Waals surface area contributed by atoms with Gasteiger partial charge in [-0.1, -0.05) is 12.1 Å². The van der Waals surface area contributed by atoms with Crippen molar-refractivity contribution in [1.82, 2.24) is 19.4 Å². The number of alkyl halides is 3. The lowest BCUT2D eigenvalue weighted by molar-refractivity contribution is -0.127. The van der Waals surface area contributed by atoms with Crippen LogP contribution in [0.2, 0.25) is 0 Å². The van der Waals surface area contributed by atoms with E-state index in [2.05, 4.69) is 56.4 Å². The summed E-state index contributed by atoms with van der Waals surface area (Å²) in [5.74, 6) is 0.733. The van der Waals surface area contributed by atoms with E-state index >= 15 is 0 Å². The first kappa shape index (κ1) is 25.6. The molecule has 1 spiro atoms. The van der Waals surface area contributed by atoms with E-state index in [1.807, 2.05) is 6.07 Å². The van der Waals surface area contributed by atoms with Gasteiger partial charge in [-0.15, -0.1) is 0 Å². The number of rotatable bonds is 5. The van der Waals surface area contributed by atoms with E-state index < -0.39 is 12.6 Å². The highest BCUT2D eigenvalue weighted by molar-refractivity contribution is 5.90. The van der Waals surface area contributed by atoms with Crippen LogP contribution in [0, 0.1) is 23.7 Å². The minimum absolute atomic E-state index is 0.219. The van der Waals surface area contributed by atoms with Crippen LogP contribution >= 0.6 is 0 Å². The number of anilines is 1. The second kappa shape index (κ2) is 9.53. The topological polar surface area (TPSA) is 61.0 Å². The van der Waals surface area contributed by atoms with Crippen molar-refractivity contribution in [2.24, 2.45) is 5.41 Å². The average Bonchev–Trinajstić information content (AvgIpc) is 3.27. The van der Waals surface area contributed by atoms with Crippen molar-refractivity contribution in [3.63, 3.8) is 0 Å². The van der Waals surface area contributed by atoms with Gasteiger partial charge in [0.2, 0.25) is 0 Å². The number of hydrogen-bond acceptors (Lipinski definition) is 5. The summed E-state index contributed by atoms with van der Waals surface area (Å²) in [6.07, 6.45) is -1.53. The van der Waals surface area contributed by atoms with Crippen LogP contribution in [0.4, 0.5) is 19.0 Å². The first-order valence-corrected chi connectivity index (χ1v) is 13.5. The lowest BCUT2D eigenvalue weighted by atomic mass is 9.72. The summed E-state index contributed by atoms with van der Waals surface area (Å²) in [5.41, 5.74) is 5.49. The van der Waals surface area contributed by atoms with Gasteiger partial charge in [-0.05, 0) is 80.7 Å². The highest BCUT2D eigenvalue weighted by Gasteiger charge is 2.45. The third kappa shape index (κ3) is 4.71. The number of benzene rings is 2. The van der Waals surface area contributed by atoms with Crippen LogP contribution in [-0.4, -0.2) is 51.8 Å². The predicted octanol–water partition coefficient (Wildman–Crippen LogP) is 5.99. The second-order valence-corrected chi connectivity index (χ2v) is 11.1. The summed E-state index contributed by atoms with van der Waals surface area (Å²) < 4.78 is 41.0. The number of halogens is 3. The summed E-state index contributed by atoms with van der Waals surface area (Å²) in [5, 5.41) is 11.4. The van der Waals surface area contributed by atoms with E-state index in [-0.39, 0.29) is 11.0 Å². The van der Waals surface area contributed by atoms with E-state index in [0.29, 0.717) is 16.6 Å². The van der Waals surface area contributed by atoms with E-state index in [0.717, 1.165) is 68.8 Å². The Bertz CT molecular complexity index is 1580. The third-order valence-corrected chi connectivity index (χ3v) is 8.64. The lowest BCUT2D eigenvalue weighted by Crippen LogP contribution is -2.60. The van der Waals surface area contributed by atoms with Gasteiger partial charge in [0.1, 0.15) is 23.9 Å². The molecule has 4 aromatic rings. The molecule has 39 heavy (non-hydrogen) atoms. The molecule has 2 fully saturated rings. The van der Waals surface area contributed by atoms with Gasteiger partial charge >= 0.3 is 6.18 Å². The number of nitrogens with zero attached hydrogens (tertiary/aromatic N) is 6. The van der Waals surface area contributed by atoms with Gasteiger partial charge < -0.3 is 9.47 Å². The van der Waals surface area contributed by atoms with Crippen LogP contribution in [0.5, 0.6) is 0 Å². The number of fused-ring (bicyclic) bond motifs is 2. The molecule has 2 saturated heterocycles. The van der Waals surface area contributed by atoms with Crippen LogP contribution in [0.25, 0.3) is 21.8 Å². The Kier molecular flexibility index (Phi) is 6.26. The Morgan fingerprint density at radius 2 is 1.79 bits per heavy atom. The van der Waals surface area contributed by atoms with E-state index in [1.165, 1.54) is 23.5 Å². The third-order valence-electron chi connectivity index (χ3n) is 8.64. The van der Waals surface area contributed by atoms with Gasteiger partial charge in [0.25, 0.3) is 0 Å². The zero-order chi connectivity index (χ0) is 27.4. The fourth-order valence-electron chi connectivity index (χ4n) is 6.47. The first-order valence-electron chi connectivity index (χ1n) is 13.5. The monoisotopic (exact) mass is 532 g/mol. The Morgan fingerprint density at radius 3 is 2.49 bits per heavy atom. The van der Waals surface area contributed by atoms with Crippen molar-refractivity contribution >= 4 is 27.6 Å². The number of hydrogen-bond donors (Lipinski definition) is 0. The van der Waals surface area contributed by atoms with E-state index in [9.17, 15) is 18.4 Å². The fraction of sp³-hybridized carbons (Fsp3) is 0.433. The zero-order valence-electron chi connectivity index (χ0n) is 22.2. The summed E-state index contributed by atoms with van der Waals surface area (Å²) in [6.45, 7) is 9.62. The number of nitriles is 1. The molecule has 9 heteroatoms.